The van der Waals surface area contributed by atoms with Gasteiger partial charge in [-0.05, 0) is 47.9 Å². The summed E-state index contributed by atoms with van der Waals surface area (Å²) in [6.07, 6.45) is 1.30. The number of carbonyl (C=O) groups excluding carboxylic acids is 2. The minimum atomic E-state index is -0.839. The molecule has 2 unspecified atom stereocenters. The topological polar surface area (TPSA) is 95.9 Å². The van der Waals surface area contributed by atoms with E-state index in [4.69, 9.17) is 9.84 Å². The number of ether oxygens (including phenoxy) is 1. The van der Waals surface area contributed by atoms with Crippen LogP contribution in [0.3, 0.4) is 0 Å². The average Bonchev–Trinajstić information content (AvgIpc) is 3.18. The molecule has 2 aromatic carbocycles. The Morgan fingerprint density at radius 3 is 2.14 bits per heavy atom. The van der Waals surface area contributed by atoms with Crippen molar-refractivity contribution < 1.29 is 24.2 Å². The molecular weight excluding hydrogens is 444 g/mol. The molecule has 0 fully saturated rings. The van der Waals surface area contributed by atoms with Crippen LogP contribution in [0.25, 0.3) is 11.1 Å². The summed E-state index contributed by atoms with van der Waals surface area (Å²) < 4.78 is 5.67. The third-order valence-corrected chi connectivity index (χ3v) is 6.86. The lowest BCUT2D eigenvalue weighted by molar-refractivity contribution is -0.137. The van der Waals surface area contributed by atoms with Gasteiger partial charge in [-0.15, -0.1) is 0 Å². The molecule has 2 amide bonds. The van der Waals surface area contributed by atoms with Crippen molar-refractivity contribution in [2.24, 2.45) is 5.92 Å². The van der Waals surface area contributed by atoms with Crippen LogP contribution < -0.4 is 5.32 Å². The van der Waals surface area contributed by atoms with Crippen LogP contribution in [-0.4, -0.2) is 53.7 Å². The van der Waals surface area contributed by atoms with E-state index in [0.29, 0.717) is 25.9 Å². The summed E-state index contributed by atoms with van der Waals surface area (Å²) in [4.78, 5) is 38.5. The van der Waals surface area contributed by atoms with Crippen LogP contribution in [0.2, 0.25) is 0 Å². The number of hydrogen-bond acceptors (Lipinski definition) is 4. The van der Waals surface area contributed by atoms with Gasteiger partial charge in [-0.2, -0.15) is 0 Å². The Morgan fingerprint density at radius 1 is 1.00 bits per heavy atom. The summed E-state index contributed by atoms with van der Waals surface area (Å²) in [5, 5.41) is 11.6. The van der Waals surface area contributed by atoms with Crippen molar-refractivity contribution in [3.63, 3.8) is 0 Å². The van der Waals surface area contributed by atoms with E-state index in [-0.39, 0.29) is 30.8 Å². The second-order valence-electron chi connectivity index (χ2n) is 9.10. The van der Waals surface area contributed by atoms with Gasteiger partial charge in [-0.3, -0.25) is 9.59 Å². The molecule has 0 aromatic heterocycles. The average molecular weight is 481 g/mol. The van der Waals surface area contributed by atoms with Crippen LogP contribution in [0.4, 0.5) is 4.79 Å². The summed E-state index contributed by atoms with van der Waals surface area (Å²) in [6.45, 7) is 6.94. The minimum Gasteiger partial charge on any atom is -0.481 e. The van der Waals surface area contributed by atoms with E-state index in [9.17, 15) is 14.4 Å². The fraction of sp³-hybridized carbons (Fsp3) is 0.464. The van der Waals surface area contributed by atoms with E-state index in [0.717, 1.165) is 28.7 Å². The molecule has 1 aliphatic carbocycles. The zero-order valence-corrected chi connectivity index (χ0v) is 20.8. The normalized spacial score (nSPS) is 13.9. The molecule has 188 valence electrons. The van der Waals surface area contributed by atoms with Crippen LogP contribution in [0.5, 0.6) is 0 Å². The Morgan fingerprint density at radius 2 is 1.60 bits per heavy atom. The first kappa shape index (κ1) is 26.3. The van der Waals surface area contributed by atoms with Gasteiger partial charge in [0.05, 0.1) is 0 Å². The molecule has 2 aromatic rings. The predicted molar refractivity (Wildman–Crippen MR) is 135 cm³/mol. The van der Waals surface area contributed by atoms with Crippen LogP contribution in [0.15, 0.2) is 48.5 Å². The maximum Gasteiger partial charge on any atom is 0.407 e. The van der Waals surface area contributed by atoms with Gasteiger partial charge < -0.3 is 20.1 Å². The number of alkyl carbamates (subject to hydrolysis) is 1. The number of carboxylic acid groups (broad SMARTS) is 1. The fourth-order valence-corrected chi connectivity index (χ4v) is 4.65. The Bertz CT molecular complexity index is 992. The van der Waals surface area contributed by atoms with Gasteiger partial charge in [0.15, 0.2) is 0 Å². The van der Waals surface area contributed by atoms with E-state index in [1.807, 2.05) is 45.0 Å². The number of amides is 2. The van der Waals surface area contributed by atoms with Crippen molar-refractivity contribution in [2.75, 3.05) is 19.7 Å². The highest BCUT2D eigenvalue weighted by Gasteiger charge is 2.32. The van der Waals surface area contributed by atoms with Gasteiger partial charge in [0.1, 0.15) is 12.6 Å². The predicted octanol–water partition coefficient (Wildman–Crippen LogP) is 5.04. The van der Waals surface area contributed by atoms with Crippen molar-refractivity contribution in [3.05, 3.63) is 59.7 Å². The van der Waals surface area contributed by atoms with Gasteiger partial charge >= 0.3 is 12.1 Å². The number of carboxylic acids is 1. The molecule has 0 spiro atoms. The highest BCUT2D eigenvalue weighted by atomic mass is 16.5. The van der Waals surface area contributed by atoms with Crippen molar-refractivity contribution in [1.82, 2.24) is 10.2 Å². The number of rotatable bonds is 12. The largest absolute Gasteiger partial charge is 0.481 e. The zero-order valence-electron chi connectivity index (χ0n) is 20.8. The van der Waals surface area contributed by atoms with Gasteiger partial charge in [-0.25, -0.2) is 4.79 Å². The number of fused-ring (bicyclic) bond motifs is 3. The molecule has 2 N–H and O–H groups in total. The summed E-state index contributed by atoms with van der Waals surface area (Å²) in [6, 6.07) is 15.6. The van der Waals surface area contributed by atoms with Crippen LogP contribution in [0.1, 0.15) is 63.5 Å². The van der Waals surface area contributed by atoms with E-state index in [1.54, 1.807) is 4.90 Å². The number of nitrogens with zero attached hydrogens (tertiary/aromatic N) is 1. The minimum absolute atomic E-state index is 0.0488. The Hall–Kier alpha value is -3.35. The molecule has 0 bridgehead atoms. The van der Waals surface area contributed by atoms with Crippen molar-refractivity contribution in [1.29, 1.82) is 0 Å². The summed E-state index contributed by atoms with van der Waals surface area (Å²) in [7, 11) is 0. The number of nitrogens with one attached hydrogen (secondary N) is 1. The molecule has 35 heavy (non-hydrogen) atoms. The Balaban J connectivity index is 1.64. The summed E-state index contributed by atoms with van der Waals surface area (Å²) in [5.74, 6) is -1.12. The molecular formula is C28H36N2O5. The van der Waals surface area contributed by atoms with E-state index >= 15 is 0 Å². The van der Waals surface area contributed by atoms with Crippen molar-refractivity contribution in [2.45, 2.75) is 58.4 Å². The zero-order chi connectivity index (χ0) is 25.4. The fourth-order valence-electron chi connectivity index (χ4n) is 4.65. The molecule has 0 heterocycles. The van der Waals surface area contributed by atoms with E-state index < -0.39 is 18.1 Å². The maximum absolute atomic E-state index is 13.3. The van der Waals surface area contributed by atoms with E-state index in [2.05, 4.69) is 29.6 Å². The Labute approximate surface area is 207 Å². The molecule has 2 atom stereocenters. The number of carbonyl (C=O) groups is 3. The van der Waals surface area contributed by atoms with Crippen LogP contribution >= 0.6 is 0 Å². The summed E-state index contributed by atoms with van der Waals surface area (Å²) >= 11 is 0. The first-order valence-corrected chi connectivity index (χ1v) is 12.5. The van der Waals surface area contributed by atoms with Gasteiger partial charge in [0.2, 0.25) is 5.91 Å². The maximum atomic E-state index is 13.3. The van der Waals surface area contributed by atoms with Crippen LogP contribution in [0, 0.1) is 5.92 Å². The SMILES string of the molecule is CCC(C)C(NC(=O)OCC1c2ccccc2-c2ccccc21)C(=O)N(CC)CCCCC(=O)O. The molecule has 7 nitrogen and oxygen atoms in total. The molecule has 0 saturated heterocycles. The highest BCUT2D eigenvalue weighted by molar-refractivity contribution is 5.86. The first-order valence-electron chi connectivity index (χ1n) is 12.5. The van der Waals surface area contributed by atoms with Crippen molar-refractivity contribution >= 4 is 18.0 Å². The lowest BCUT2D eigenvalue weighted by atomic mass is 9.97. The molecule has 0 aliphatic heterocycles. The number of aliphatic carboxylic acids is 1. The van der Waals surface area contributed by atoms with E-state index in [1.165, 1.54) is 0 Å². The standard InChI is InChI=1S/C28H36N2O5/c1-4-19(3)26(27(33)30(5-2)17-11-10-16-25(31)32)29-28(34)35-18-24-22-14-8-6-12-20(22)21-13-7-9-15-23(21)24/h6-9,12-15,19,24,26H,4-5,10-11,16-18H2,1-3H3,(H,29,34)(H,31,32). The highest BCUT2D eigenvalue weighted by Crippen LogP contribution is 2.44. The lowest BCUT2D eigenvalue weighted by Crippen LogP contribution is -2.52. The lowest BCUT2D eigenvalue weighted by Gasteiger charge is -2.30. The third-order valence-electron chi connectivity index (χ3n) is 6.86. The number of benzene rings is 2. The van der Waals surface area contributed by atoms with Crippen LogP contribution in [-0.2, 0) is 14.3 Å². The smallest absolute Gasteiger partial charge is 0.407 e. The second kappa shape index (κ2) is 12.4. The second-order valence-corrected chi connectivity index (χ2v) is 9.10. The molecule has 0 saturated carbocycles. The number of hydrogen-bond donors (Lipinski definition) is 2. The molecule has 3 rings (SSSR count). The van der Waals surface area contributed by atoms with Gasteiger partial charge in [0.25, 0.3) is 0 Å². The molecule has 7 heteroatoms. The summed E-state index contributed by atoms with van der Waals surface area (Å²) in [5.41, 5.74) is 4.58. The van der Waals surface area contributed by atoms with Gasteiger partial charge in [-0.1, -0.05) is 68.8 Å². The first-order chi connectivity index (χ1) is 16.9. The third kappa shape index (κ3) is 6.41. The Kier molecular flexibility index (Phi) is 9.29. The number of unbranched alkanes of at least 4 members (excludes halogenated alkanes) is 1. The van der Waals surface area contributed by atoms with Crippen molar-refractivity contribution in [3.8, 4) is 11.1 Å². The van der Waals surface area contributed by atoms with Gasteiger partial charge in [0, 0.05) is 25.4 Å². The quantitative estimate of drug-likeness (QED) is 0.415. The monoisotopic (exact) mass is 480 g/mol. The molecule has 1 aliphatic rings. The molecule has 0 radical (unpaired) electrons. The number of likely N-dealkylation sites (N-methyl/N-ethyl adjacent to an activating group) is 1.